The van der Waals surface area contributed by atoms with E-state index in [0.717, 1.165) is 0 Å². The van der Waals surface area contributed by atoms with Gasteiger partial charge < -0.3 is 0 Å². The van der Waals surface area contributed by atoms with E-state index < -0.39 is 0 Å². The second-order valence-corrected chi connectivity index (χ2v) is 4.12. The van der Waals surface area contributed by atoms with Gasteiger partial charge in [0.15, 0.2) is 0 Å². The normalized spacial score (nSPS) is 11.0. The predicted molar refractivity (Wildman–Crippen MR) is 61.0 cm³/mol. The Balaban J connectivity index is 2.49. The number of benzene rings is 1. The number of halogens is 1. The number of hydrogen-bond acceptors (Lipinski definition) is 3. The van der Waals surface area contributed by atoms with E-state index in [4.69, 9.17) is 11.6 Å². The van der Waals surface area contributed by atoms with Crippen molar-refractivity contribution in [2.75, 3.05) is 0 Å². The van der Waals surface area contributed by atoms with Crippen LogP contribution in [0.1, 0.15) is 19.9 Å². The third-order valence-electron chi connectivity index (χ3n) is 2.16. The fourth-order valence-electron chi connectivity index (χ4n) is 1.33. The number of hydrogen-bond donors (Lipinski definition) is 0. The van der Waals surface area contributed by atoms with Gasteiger partial charge in [0.1, 0.15) is 0 Å². The van der Waals surface area contributed by atoms with E-state index in [0.29, 0.717) is 10.7 Å². The maximum atomic E-state index is 11.9. The molecule has 1 aromatic carbocycles. The zero-order chi connectivity index (χ0) is 11.7. The molecule has 0 fully saturated rings. The van der Waals surface area contributed by atoms with E-state index in [-0.39, 0.29) is 11.7 Å². The lowest BCUT2D eigenvalue weighted by atomic mass is 10.3. The highest BCUT2D eigenvalue weighted by molar-refractivity contribution is 6.30. The molecule has 2 aromatic rings. The van der Waals surface area contributed by atoms with Crippen molar-refractivity contribution in [3.8, 4) is 5.69 Å². The Hall–Kier alpha value is -1.62. The molecule has 0 aliphatic heterocycles. The second kappa shape index (κ2) is 4.09. The zero-order valence-corrected chi connectivity index (χ0v) is 9.72. The standard InChI is InChI=1S/C10H11ClN4O/c1-7(2)14-10(16)15(13-12-14)9-5-3-8(11)4-6-9/h3-7H,1-2H3. The van der Waals surface area contributed by atoms with E-state index in [1.54, 1.807) is 24.3 Å². The lowest BCUT2D eigenvalue weighted by Crippen LogP contribution is -2.25. The smallest absolute Gasteiger partial charge is 0.244 e. The lowest BCUT2D eigenvalue weighted by Gasteiger charge is -2.00. The van der Waals surface area contributed by atoms with Crippen molar-refractivity contribution >= 4 is 11.6 Å². The van der Waals surface area contributed by atoms with Crippen LogP contribution in [0.5, 0.6) is 0 Å². The minimum atomic E-state index is -0.252. The summed E-state index contributed by atoms with van der Waals surface area (Å²) in [4.78, 5) is 11.9. The molecular weight excluding hydrogens is 228 g/mol. The summed E-state index contributed by atoms with van der Waals surface area (Å²) in [5.41, 5.74) is 0.402. The van der Waals surface area contributed by atoms with Gasteiger partial charge in [0, 0.05) is 5.02 Å². The second-order valence-electron chi connectivity index (χ2n) is 3.69. The van der Waals surface area contributed by atoms with Crippen LogP contribution in [-0.2, 0) is 0 Å². The van der Waals surface area contributed by atoms with Crippen molar-refractivity contribution in [1.82, 2.24) is 19.8 Å². The van der Waals surface area contributed by atoms with Crippen LogP contribution >= 0.6 is 11.6 Å². The molecule has 0 saturated carbocycles. The van der Waals surface area contributed by atoms with Crippen molar-refractivity contribution in [2.45, 2.75) is 19.9 Å². The first-order valence-corrected chi connectivity index (χ1v) is 5.28. The van der Waals surface area contributed by atoms with Crippen molar-refractivity contribution in [1.29, 1.82) is 0 Å². The molecule has 0 aliphatic carbocycles. The largest absolute Gasteiger partial charge is 0.368 e. The first kappa shape index (κ1) is 10.9. The summed E-state index contributed by atoms with van der Waals surface area (Å²) in [5.74, 6) is 0. The molecule has 0 aliphatic rings. The van der Waals surface area contributed by atoms with Crippen LogP contribution in [0.2, 0.25) is 5.02 Å². The summed E-state index contributed by atoms with van der Waals surface area (Å²) < 4.78 is 2.57. The molecule has 0 N–H and O–H groups in total. The van der Waals surface area contributed by atoms with Gasteiger partial charge in [-0.05, 0) is 48.5 Å². The number of rotatable bonds is 2. The maximum absolute atomic E-state index is 11.9. The third kappa shape index (κ3) is 1.86. The van der Waals surface area contributed by atoms with Crippen LogP contribution in [0.3, 0.4) is 0 Å². The molecule has 2 rings (SSSR count). The van der Waals surface area contributed by atoms with Gasteiger partial charge >= 0.3 is 5.69 Å². The first-order valence-electron chi connectivity index (χ1n) is 4.90. The molecular formula is C10H11ClN4O. The highest BCUT2D eigenvalue weighted by atomic mass is 35.5. The van der Waals surface area contributed by atoms with E-state index in [1.807, 2.05) is 13.8 Å². The molecule has 0 spiro atoms. The van der Waals surface area contributed by atoms with Gasteiger partial charge in [-0.2, -0.15) is 9.36 Å². The Labute approximate surface area is 97.2 Å². The summed E-state index contributed by atoms with van der Waals surface area (Å²) in [6.45, 7) is 3.75. The molecule has 0 amide bonds. The summed E-state index contributed by atoms with van der Waals surface area (Å²) in [5, 5.41) is 8.23. The summed E-state index contributed by atoms with van der Waals surface area (Å²) in [7, 11) is 0. The van der Waals surface area contributed by atoms with E-state index in [9.17, 15) is 4.79 Å². The molecule has 16 heavy (non-hydrogen) atoms. The Morgan fingerprint density at radius 3 is 2.31 bits per heavy atom. The van der Waals surface area contributed by atoms with Gasteiger partial charge in [-0.25, -0.2) is 4.79 Å². The summed E-state index contributed by atoms with van der Waals surface area (Å²) in [6, 6.07) is 6.86. The van der Waals surface area contributed by atoms with Crippen LogP contribution in [0.25, 0.3) is 5.69 Å². The molecule has 6 heteroatoms. The topological polar surface area (TPSA) is 52.7 Å². The predicted octanol–water partition coefficient (Wildman–Crippen LogP) is 1.66. The SMILES string of the molecule is CC(C)n1nnn(-c2ccc(Cl)cc2)c1=O. The number of nitrogens with zero attached hydrogens (tertiary/aromatic N) is 4. The maximum Gasteiger partial charge on any atom is 0.368 e. The van der Waals surface area contributed by atoms with Gasteiger partial charge in [0.2, 0.25) is 0 Å². The molecule has 0 unspecified atom stereocenters. The Kier molecular flexibility index (Phi) is 2.78. The average Bonchev–Trinajstić information content (AvgIpc) is 2.61. The molecule has 0 atom stereocenters. The van der Waals surface area contributed by atoms with Gasteiger partial charge in [-0.1, -0.05) is 11.6 Å². The molecule has 5 nitrogen and oxygen atoms in total. The van der Waals surface area contributed by atoms with Crippen LogP contribution in [0.15, 0.2) is 29.1 Å². The van der Waals surface area contributed by atoms with Gasteiger partial charge in [-0.3, -0.25) is 0 Å². The van der Waals surface area contributed by atoms with E-state index >= 15 is 0 Å². The minimum Gasteiger partial charge on any atom is -0.244 e. The van der Waals surface area contributed by atoms with Crippen LogP contribution in [-0.4, -0.2) is 19.8 Å². The number of aromatic nitrogens is 4. The first-order chi connectivity index (χ1) is 7.59. The zero-order valence-electron chi connectivity index (χ0n) is 8.96. The van der Waals surface area contributed by atoms with Gasteiger partial charge in [0.05, 0.1) is 11.7 Å². The van der Waals surface area contributed by atoms with Crippen molar-refractivity contribution in [3.05, 3.63) is 39.8 Å². The molecule has 1 heterocycles. The van der Waals surface area contributed by atoms with Crippen LogP contribution < -0.4 is 5.69 Å². The lowest BCUT2D eigenvalue weighted by molar-refractivity contribution is 0.500. The average molecular weight is 239 g/mol. The Morgan fingerprint density at radius 1 is 1.19 bits per heavy atom. The minimum absolute atomic E-state index is 0.00597. The Bertz CT molecular complexity index is 541. The molecule has 0 saturated heterocycles. The van der Waals surface area contributed by atoms with Crippen LogP contribution in [0, 0.1) is 0 Å². The van der Waals surface area contributed by atoms with Crippen molar-refractivity contribution < 1.29 is 0 Å². The van der Waals surface area contributed by atoms with Crippen molar-refractivity contribution in [2.24, 2.45) is 0 Å². The molecule has 0 radical (unpaired) electrons. The summed E-state index contributed by atoms with van der Waals surface area (Å²) >= 11 is 5.77. The van der Waals surface area contributed by atoms with Crippen LogP contribution in [0.4, 0.5) is 0 Å². The van der Waals surface area contributed by atoms with Crippen molar-refractivity contribution in [3.63, 3.8) is 0 Å². The third-order valence-corrected chi connectivity index (χ3v) is 2.42. The number of tetrazole rings is 1. The summed E-state index contributed by atoms with van der Waals surface area (Å²) in [6.07, 6.45) is 0. The molecule has 0 bridgehead atoms. The van der Waals surface area contributed by atoms with Gasteiger partial charge in [0.25, 0.3) is 0 Å². The molecule has 84 valence electrons. The fraction of sp³-hybridized carbons (Fsp3) is 0.300. The molecule has 1 aromatic heterocycles. The van der Waals surface area contributed by atoms with E-state index in [2.05, 4.69) is 10.4 Å². The Morgan fingerprint density at radius 2 is 1.81 bits per heavy atom. The van der Waals surface area contributed by atoms with Gasteiger partial charge in [-0.15, -0.1) is 0 Å². The van der Waals surface area contributed by atoms with E-state index in [1.165, 1.54) is 9.36 Å². The highest BCUT2D eigenvalue weighted by Crippen LogP contribution is 2.11. The monoisotopic (exact) mass is 238 g/mol. The highest BCUT2D eigenvalue weighted by Gasteiger charge is 2.10. The quantitative estimate of drug-likeness (QED) is 0.800. The fourth-order valence-corrected chi connectivity index (χ4v) is 1.45.